The topological polar surface area (TPSA) is 61.4 Å². The summed E-state index contributed by atoms with van der Waals surface area (Å²) in [5.74, 6) is -0.266. The van der Waals surface area contributed by atoms with Gasteiger partial charge in [0.1, 0.15) is 6.04 Å². The molecule has 0 bridgehead atoms. The standard InChI is InChI=1S/C15H16N2O2/c18-15(16-11-12-7-3-1-4-8-12)14(17-19)13-9-5-2-6-10-13/h1-10,14,17,19H,11H2,(H,16,18). The Hall–Kier alpha value is -2.17. The van der Waals surface area contributed by atoms with E-state index in [1.54, 1.807) is 12.1 Å². The average molecular weight is 256 g/mol. The molecule has 19 heavy (non-hydrogen) atoms. The molecule has 0 spiro atoms. The maximum atomic E-state index is 12.0. The van der Waals surface area contributed by atoms with Crippen molar-refractivity contribution in [3.05, 3.63) is 71.8 Å². The number of rotatable bonds is 5. The van der Waals surface area contributed by atoms with Crippen LogP contribution in [0.1, 0.15) is 17.2 Å². The second kappa shape index (κ2) is 6.68. The van der Waals surface area contributed by atoms with Gasteiger partial charge in [0.15, 0.2) is 0 Å². The highest BCUT2D eigenvalue weighted by atomic mass is 16.5. The zero-order valence-electron chi connectivity index (χ0n) is 10.4. The van der Waals surface area contributed by atoms with Gasteiger partial charge in [0.25, 0.3) is 0 Å². The van der Waals surface area contributed by atoms with Gasteiger partial charge < -0.3 is 10.5 Å². The minimum absolute atomic E-state index is 0.266. The summed E-state index contributed by atoms with van der Waals surface area (Å²) in [5, 5.41) is 11.9. The van der Waals surface area contributed by atoms with Crippen molar-refractivity contribution in [2.75, 3.05) is 0 Å². The number of benzene rings is 2. The first-order valence-electron chi connectivity index (χ1n) is 6.07. The van der Waals surface area contributed by atoms with E-state index in [9.17, 15) is 4.79 Å². The minimum atomic E-state index is -0.759. The highest BCUT2D eigenvalue weighted by Crippen LogP contribution is 2.12. The molecule has 0 aliphatic carbocycles. The summed E-state index contributed by atoms with van der Waals surface area (Å²) < 4.78 is 0. The van der Waals surface area contributed by atoms with E-state index in [1.165, 1.54) is 0 Å². The first-order chi connectivity index (χ1) is 9.31. The second-order valence-electron chi connectivity index (χ2n) is 4.18. The number of carbonyl (C=O) groups is 1. The number of hydroxylamine groups is 1. The van der Waals surface area contributed by atoms with Gasteiger partial charge in [0.2, 0.25) is 5.91 Å². The molecule has 1 atom stereocenters. The van der Waals surface area contributed by atoms with Gasteiger partial charge in [-0.1, -0.05) is 60.7 Å². The first-order valence-corrected chi connectivity index (χ1v) is 6.07. The van der Waals surface area contributed by atoms with Crippen LogP contribution in [0.5, 0.6) is 0 Å². The maximum Gasteiger partial charge on any atom is 0.244 e. The Morgan fingerprint density at radius 2 is 1.58 bits per heavy atom. The molecule has 0 aliphatic rings. The summed E-state index contributed by atoms with van der Waals surface area (Å²) >= 11 is 0. The van der Waals surface area contributed by atoms with Crippen molar-refractivity contribution >= 4 is 5.91 Å². The fourth-order valence-corrected chi connectivity index (χ4v) is 1.82. The molecule has 2 aromatic carbocycles. The number of hydrogen-bond acceptors (Lipinski definition) is 3. The molecule has 0 aromatic heterocycles. The summed E-state index contributed by atoms with van der Waals surface area (Å²) in [7, 11) is 0. The molecule has 3 N–H and O–H groups in total. The van der Waals surface area contributed by atoms with E-state index < -0.39 is 6.04 Å². The van der Waals surface area contributed by atoms with Crippen LogP contribution in [0.2, 0.25) is 0 Å². The van der Waals surface area contributed by atoms with E-state index in [0.717, 1.165) is 11.1 Å². The predicted octanol–water partition coefficient (Wildman–Crippen LogP) is 2.02. The molecule has 1 unspecified atom stereocenters. The third-order valence-electron chi connectivity index (χ3n) is 2.83. The molecular formula is C15H16N2O2. The van der Waals surface area contributed by atoms with E-state index in [1.807, 2.05) is 54.0 Å². The molecule has 98 valence electrons. The molecule has 0 heterocycles. The number of amides is 1. The highest BCUT2D eigenvalue weighted by Gasteiger charge is 2.18. The summed E-state index contributed by atoms with van der Waals surface area (Å²) in [4.78, 5) is 12.0. The Morgan fingerprint density at radius 1 is 1.00 bits per heavy atom. The van der Waals surface area contributed by atoms with Crippen molar-refractivity contribution in [2.45, 2.75) is 12.6 Å². The maximum absolute atomic E-state index is 12.0. The van der Waals surface area contributed by atoms with Crippen molar-refractivity contribution < 1.29 is 10.0 Å². The molecule has 4 nitrogen and oxygen atoms in total. The van der Waals surface area contributed by atoms with E-state index in [0.29, 0.717) is 6.54 Å². The predicted molar refractivity (Wildman–Crippen MR) is 72.4 cm³/mol. The van der Waals surface area contributed by atoms with Gasteiger partial charge in [-0.3, -0.25) is 4.79 Å². The molecule has 1 amide bonds. The van der Waals surface area contributed by atoms with Gasteiger partial charge in [-0.05, 0) is 11.1 Å². The lowest BCUT2D eigenvalue weighted by atomic mass is 10.1. The molecule has 0 radical (unpaired) electrons. The van der Waals surface area contributed by atoms with Gasteiger partial charge in [-0.15, -0.1) is 0 Å². The van der Waals surface area contributed by atoms with E-state index in [-0.39, 0.29) is 5.91 Å². The van der Waals surface area contributed by atoms with Gasteiger partial charge in [0, 0.05) is 6.54 Å². The Bertz CT molecular complexity index is 514. The normalized spacial score (nSPS) is 11.8. The summed E-state index contributed by atoms with van der Waals surface area (Å²) in [6, 6.07) is 18.0. The van der Waals surface area contributed by atoms with Crippen LogP contribution in [0.15, 0.2) is 60.7 Å². The smallest absolute Gasteiger partial charge is 0.244 e. The highest BCUT2D eigenvalue weighted by molar-refractivity contribution is 5.82. The van der Waals surface area contributed by atoms with Crippen molar-refractivity contribution in [3.8, 4) is 0 Å². The van der Waals surface area contributed by atoms with Crippen molar-refractivity contribution in [1.82, 2.24) is 10.8 Å². The van der Waals surface area contributed by atoms with Crippen LogP contribution in [0.25, 0.3) is 0 Å². The molecule has 0 aliphatic heterocycles. The Kier molecular flexibility index (Phi) is 4.66. The zero-order valence-corrected chi connectivity index (χ0v) is 10.4. The van der Waals surface area contributed by atoms with Crippen molar-refractivity contribution in [3.63, 3.8) is 0 Å². The van der Waals surface area contributed by atoms with Crippen molar-refractivity contribution in [1.29, 1.82) is 0 Å². The summed E-state index contributed by atoms with van der Waals surface area (Å²) in [6.07, 6.45) is 0. The lowest BCUT2D eigenvalue weighted by Gasteiger charge is -2.15. The lowest BCUT2D eigenvalue weighted by Crippen LogP contribution is -2.35. The zero-order chi connectivity index (χ0) is 13.5. The third kappa shape index (κ3) is 3.64. The molecule has 4 heteroatoms. The molecular weight excluding hydrogens is 240 g/mol. The largest absolute Gasteiger partial charge is 0.350 e. The number of carbonyl (C=O) groups excluding carboxylic acids is 1. The van der Waals surface area contributed by atoms with E-state index in [2.05, 4.69) is 5.32 Å². The third-order valence-corrected chi connectivity index (χ3v) is 2.83. The first kappa shape index (κ1) is 13.3. The van der Waals surface area contributed by atoms with Crippen LogP contribution in [-0.4, -0.2) is 11.1 Å². The van der Waals surface area contributed by atoms with Gasteiger partial charge in [-0.25, -0.2) is 0 Å². The fourth-order valence-electron chi connectivity index (χ4n) is 1.82. The van der Waals surface area contributed by atoms with E-state index >= 15 is 0 Å². The molecule has 2 aromatic rings. The van der Waals surface area contributed by atoms with E-state index in [4.69, 9.17) is 5.21 Å². The van der Waals surface area contributed by atoms with Crippen LogP contribution in [0, 0.1) is 0 Å². The van der Waals surface area contributed by atoms with Gasteiger partial charge >= 0.3 is 0 Å². The summed E-state index contributed by atoms with van der Waals surface area (Å²) in [5.41, 5.74) is 3.77. The second-order valence-corrected chi connectivity index (χ2v) is 4.18. The Labute approximate surface area is 112 Å². The van der Waals surface area contributed by atoms with Gasteiger partial charge in [-0.2, -0.15) is 5.48 Å². The molecule has 0 saturated heterocycles. The van der Waals surface area contributed by atoms with Crippen LogP contribution >= 0.6 is 0 Å². The number of hydrogen-bond donors (Lipinski definition) is 3. The minimum Gasteiger partial charge on any atom is -0.350 e. The SMILES string of the molecule is O=C(NCc1ccccc1)C(NO)c1ccccc1. The van der Waals surface area contributed by atoms with Crippen LogP contribution < -0.4 is 10.8 Å². The molecule has 2 rings (SSSR count). The fraction of sp³-hybridized carbons (Fsp3) is 0.133. The summed E-state index contributed by atoms with van der Waals surface area (Å²) in [6.45, 7) is 0.435. The Balaban J connectivity index is 1.98. The van der Waals surface area contributed by atoms with Gasteiger partial charge in [0.05, 0.1) is 0 Å². The monoisotopic (exact) mass is 256 g/mol. The lowest BCUT2D eigenvalue weighted by molar-refractivity contribution is -0.126. The molecule has 0 saturated carbocycles. The van der Waals surface area contributed by atoms with Crippen LogP contribution in [-0.2, 0) is 11.3 Å². The molecule has 0 fully saturated rings. The van der Waals surface area contributed by atoms with Crippen LogP contribution in [0.3, 0.4) is 0 Å². The average Bonchev–Trinajstić information content (AvgIpc) is 2.48. The number of nitrogens with one attached hydrogen (secondary N) is 2. The van der Waals surface area contributed by atoms with Crippen molar-refractivity contribution in [2.24, 2.45) is 0 Å². The quantitative estimate of drug-likeness (QED) is 0.717. The van der Waals surface area contributed by atoms with Crippen LogP contribution in [0.4, 0.5) is 0 Å². The Morgan fingerprint density at radius 3 is 2.16 bits per heavy atom.